The highest BCUT2D eigenvalue weighted by Gasteiger charge is 2.09. The summed E-state index contributed by atoms with van der Waals surface area (Å²) in [6, 6.07) is 20.8. The third kappa shape index (κ3) is 7.17. The van der Waals surface area contributed by atoms with Crippen LogP contribution in [0.25, 0.3) is 22.4 Å². The normalized spacial score (nSPS) is 12.9. The minimum absolute atomic E-state index is 0.412. The van der Waals surface area contributed by atoms with Gasteiger partial charge in [-0.3, -0.25) is 4.98 Å². The molecule has 2 atom stereocenters. The second-order valence-corrected chi connectivity index (χ2v) is 9.21. The monoisotopic (exact) mass is 529 g/mol. The maximum absolute atomic E-state index is 12.9. The smallest absolute Gasteiger partial charge is 0.119 e. The number of unbranched alkanes of at least 4 members (excludes halogenated alkanes) is 1. The van der Waals surface area contributed by atoms with Crippen LogP contribution in [0.15, 0.2) is 79.5 Å². The lowest BCUT2D eigenvalue weighted by molar-refractivity contribution is 0.330. The summed E-state index contributed by atoms with van der Waals surface area (Å²) in [5.74, 6) is 0.843. The van der Waals surface area contributed by atoms with E-state index in [9.17, 15) is 4.39 Å². The van der Waals surface area contributed by atoms with Gasteiger partial charge in [-0.15, -0.1) is 0 Å². The van der Waals surface area contributed by atoms with Crippen molar-refractivity contribution in [3.8, 4) is 28.1 Å². The highest BCUT2D eigenvalue weighted by Crippen LogP contribution is 2.31. The lowest BCUT2D eigenvalue weighted by Crippen LogP contribution is -1.95. The van der Waals surface area contributed by atoms with Crippen LogP contribution in [0.2, 0.25) is 0 Å². The molecule has 3 aromatic rings. The fourth-order valence-electron chi connectivity index (χ4n) is 3.41. The molecule has 0 saturated carbocycles. The van der Waals surface area contributed by atoms with E-state index in [2.05, 4.69) is 82.7 Å². The van der Waals surface area contributed by atoms with Gasteiger partial charge in [-0.2, -0.15) is 0 Å². The summed E-state index contributed by atoms with van der Waals surface area (Å²) in [7, 11) is 0. The summed E-state index contributed by atoms with van der Waals surface area (Å²) in [6.07, 6.45) is 6.72. The van der Waals surface area contributed by atoms with Crippen molar-refractivity contribution in [1.82, 2.24) is 4.98 Å². The summed E-state index contributed by atoms with van der Waals surface area (Å²) in [4.78, 5) is 4.68. The second kappa shape index (κ2) is 12.0. The summed E-state index contributed by atoms with van der Waals surface area (Å²) < 4.78 is 18.9. The standard InChI is InChI=1S/C27H29FINO/c1-3-18-31-25-15-12-22(13-16-25)21-8-10-23(11-9-21)27-17-14-24(19-30-27)26(29)7-5-4-6-20(2)28/h3,8-17,19-20,26H,1,4-7,18H2,2H3. The van der Waals surface area contributed by atoms with Gasteiger partial charge in [0.15, 0.2) is 0 Å². The number of rotatable bonds is 11. The molecule has 2 unspecified atom stereocenters. The minimum Gasteiger partial charge on any atom is -0.490 e. The molecule has 0 N–H and O–H groups in total. The number of alkyl halides is 2. The summed E-state index contributed by atoms with van der Waals surface area (Å²) in [6.45, 7) is 5.81. The highest BCUT2D eigenvalue weighted by molar-refractivity contribution is 14.1. The average Bonchev–Trinajstić information content (AvgIpc) is 2.81. The topological polar surface area (TPSA) is 22.1 Å². The maximum Gasteiger partial charge on any atom is 0.119 e. The Balaban J connectivity index is 1.60. The molecule has 0 aliphatic rings. The van der Waals surface area contributed by atoms with Crippen molar-refractivity contribution in [2.45, 2.75) is 42.7 Å². The van der Waals surface area contributed by atoms with Gasteiger partial charge in [0, 0.05) is 15.7 Å². The van der Waals surface area contributed by atoms with E-state index in [4.69, 9.17) is 4.74 Å². The molecule has 31 heavy (non-hydrogen) atoms. The van der Waals surface area contributed by atoms with Gasteiger partial charge >= 0.3 is 0 Å². The van der Waals surface area contributed by atoms with Crippen LogP contribution in [0.1, 0.15) is 42.1 Å². The first-order chi connectivity index (χ1) is 15.1. The molecule has 0 spiro atoms. The molecular formula is C27H29FINO. The Morgan fingerprint density at radius 3 is 2.13 bits per heavy atom. The van der Waals surface area contributed by atoms with Crippen molar-refractivity contribution in [3.05, 3.63) is 85.1 Å². The van der Waals surface area contributed by atoms with Gasteiger partial charge in [-0.05, 0) is 54.7 Å². The molecule has 162 valence electrons. The molecule has 1 aromatic heterocycles. The maximum atomic E-state index is 12.9. The van der Waals surface area contributed by atoms with E-state index in [-0.39, 0.29) is 0 Å². The number of hydrogen-bond donors (Lipinski definition) is 0. The van der Waals surface area contributed by atoms with Crippen LogP contribution in [0.5, 0.6) is 5.75 Å². The molecule has 0 bridgehead atoms. The van der Waals surface area contributed by atoms with Crippen LogP contribution >= 0.6 is 22.6 Å². The number of halogens is 2. The first-order valence-electron chi connectivity index (χ1n) is 10.8. The molecule has 0 amide bonds. The number of aromatic nitrogens is 1. The molecule has 0 saturated heterocycles. The van der Waals surface area contributed by atoms with Crippen LogP contribution in [-0.4, -0.2) is 17.8 Å². The van der Waals surface area contributed by atoms with Crippen molar-refractivity contribution in [2.75, 3.05) is 6.61 Å². The Bertz CT molecular complexity index is 936. The van der Waals surface area contributed by atoms with E-state index in [0.29, 0.717) is 17.0 Å². The second-order valence-electron chi connectivity index (χ2n) is 7.71. The molecule has 0 radical (unpaired) electrons. The first-order valence-corrected chi connectivity index (χ1v) is 12.0. The van der Waals surface area contributed by atoms with Crippen molar-refractivity contribution in [3.63, 3.8) is 0 Å². The Labute approximate surface area is 198 Å². The van der Waals surface area contributed by atoms with E-state index < -0.39 is 6.17 Å². The third-order valence-corrected chi connectivity index (χ3v) is 6.54. The Kier molecular flexibility index (Phi) is 9.07. The molecular weight excluding hydrogens is 500 g/mol. The largest absolute Gasteiger partial charge is 0.490 e. The Hall–Kier alpha value is -2.21. The fraction of sp³-hybridized carbons (Fsp3) is 0.296. The minimum atomic E-state index is -0.698. The molecule has 1 heterocycles. The molecule has 0 fully saturated rings. The number of nitrogens with zero attached hydrogens (tertiary/aromatic N) is 1. The number of hydrogen-bond acceptors (Lipinski definition) is 2. The van der Waals surface area contributed by atoms with Gasteiger partial charge in [0.05, 0.1) is 11.9 Å². The Morgan fingerprint density at radius 2 is 1.55 bits per heavy atom. The highest BCUT2D eigenvalue weighted by atomic mass is 127. The van der Waals surface area contributed by atoms with Crippen molar-refractivity contribution in [1.29, 1.82) is 0 Å². The van der Waals surface area contributed by atoms with E-state index >= 15 is 0 Å². The lowest BCUT2D eigenvalue weighted by atomic mass is 10.0. The van der Waals surface area contributed by atoms with Crippen LogP contribution in [0.4, 0.5) is 4.39 Å². The molecule has 0 aliphatic heterocycles. The summed E-state index contributed by atoms with van der Waals surface area (Å²) in [5, 5.41) is 0. The van der Waals surface area contributed by atoms with Crippen LogP contribution < -0.4 is 4.74 Å². The third-order valence-electron chi connectivity index (χ3n) is 5.19. The number of benzene rings is 2. The van der Waals surface area contributed by atoms with E-state index in [1.165, 1.54) is 5.56 Å². The molecule has 0 aliphatic carbocycles. The van der Waals surface area contributed by atoms with Crippen LogP contribution in [-0.2, 0) is 0 Å². The average molecular weight is 529 g/mol. The van der Waals surface area contributed by atoms with E-state index in [1.807, 2.05) is 18.3 Å². The molecule has 2 nitrogen and oxygen atoms in total. The van der Waals surface area contributed by atoms with Gasteiger partial charge in [-0.1, -0.05) is 90.6 Å². The van der Waals surface area contributed by atoms with Gasteiger partial charge < -0.3 is 4.74 Å². The van der Waals surface area contributed by atoms with Gasteiger partial charge in [0.1, 0.15) is 12.4 Å². The summed E-state index contributed by atoms with van der Waals surface area (Å²) >= 11 is 2.46. The van der Waals surface area contributed by atoms with E-state index in [1.54, 1.807) is 13.0 Å². The van der Waals surface area contributed by atoms with Gasteiger partial charge in [-0.25, -0.2) is 4.39 Å². The van der Waals surface area contributed by atoms with Gasteiger partial charge in [0.2, 0.25) is 0 Å². The number of ether oxygens (including phenoxy) is 1. The molecule has 2 aromatic carbocycles. The zero-order chi connectivity index (χ0) is 22.1. The van der Waals surface area contributed by atoms with E-state index in [0.717, 1.165) is 47.4 Å². The van der Waals surface area contributed by atoms with Crippen molar-refractivity contribution >= 4 is 22.6 Å². The lowest BCUT2D eigenvalue weighted by Gasteiger charge is -2.11. The molecule has 4 heteroatoms. The van der Waals surface area contributed by atoms with Gasteiger partial charge in [0.25, 0.3) is 0 Å². The SMILES string of the molecule is C=CCOc1ccc(-c2ccc(-c3ccc(C(I)CCCCC(C)F)cn3)cc2)cc1. The van der Waals surface area contributed by atoms with Crippen molar-refractivity contribution in [2.24, 2.45) is 0 Å². The summed E-state index contributed by atoms with van der Waals surface area (Å²) in [5.41, 5.74) is 5.61. The van der Waals surface area contributed by atoms with Crippen molar-refractivity contribution < 1.29 is 9.13 Å². The predicted octanol–water partition coefficient (Wildman–Crippen LogP) is 8.37. The molecule has 3 rings (SSSR count). The fourth-order valence-corrected chi connectivity index (χ4v) is 4.22. The number of pyridine rings is 1. The van der Waals surface area contributed by atoms with Crippen LogP contribution in [0, 0.1) is 0 Å². The zero-order valence-electron chi connectivity index (χ0n) is 17.9. The predicted molar refractivity (Wildman–Crippen MR) is 137 cm³/mol. The van der Waals surface area contributed by atoms with Crippen LogP contribution in [0.3, 0.4) is 0 Å². The quantitative estimate of drug-likeness (QED) is 0.108. The Morgan fingerprint density at radius 1 is 0.935 bits per heavy atom. The zero-order valence-corrected chi connectivity index (χ0v) is 20.1. The first kappa shape index (κ1) is 23.5.